The minimum Gasteiger partial charge on any atom is -0.392 e. The second kappa shape index (κ2) is 9.11. The molecule has 0 bridgehead atoms. The molecule has 0 aliphatic carbocycles. The maximum absolute atomic E-state index is 11.3. The molecule has 1 saturated heterocycles. The minimum absolute atomic E-state index is 0.165. The molecular weight excluding hydrogens is 388 g/mol. The number of hydrogen-bond donors (Lipinski definition) is 6. The molecule has 3 rings (SSSR count). The molecule has 1 heterocycles. The Morgan fingerprint density at radius 1 is 0.967 bits per heavy atom. The molecular formula is C23H30O7. The van der Waals surface area contributed by atoms with E-state index in [2.05, 4.69) is 6.92 Å². The van der Waals surface area contributed by atoms with Gasteiger partial charge in [-0.25, -0.2) is 0 Å². The Balaban J connectivity index is 2.05. The maximum atomic E-state index is 11.3. The zero-order chi connectivity index (χ0) is 22.1. The zero-order valence-electron chi connectivity index (χ0n) is 17.1. The highest BCUT2D eigenvalue weighted by atomic mass is 16.7. The minimum atomic E-state index is -2.38. The molecule has 2 aromatic carbocycles. The zero-order valence-corrected chi connectivity index (χ0v) is 17.1. The van der Waals surface area contributed by atoms with Gasteiger partial charge in [0.25, 0.3) is 0 Å². The number of aliphatic hydroxyl groups is 6. The van der Waals surface area contributed by atoms with E-state index in [-0.39, 0.29) is 12.2 Å². The van der Waals surface area contributed by atoms with Gasteiger partial charge in [0.2, 0.25) is 5.79 Å². The summed E-state index contributed by atoms with van der Waals surface area (Å²) in [4.78, 5) is 0. The van der Waals surface area contributed by atoms with Crippen molar-refractivity contribution in [2.75, 3.05) is 0 Å². The van der Waals surface area contributed by atoms with E-state index in [0.717, 1.165) is 12.0 Å². The van der Waals surface area contributed by atoms with E-state index in [4.69, 9.17) is 4.74 Å². The normalized spacial score (nSPS) is 30.3. The summed E-state index contributed by atoms with van der Waals surface area (Å²) in [5.74, 6) is -2.38. The molecule has 0 radical (unpaired) electrons. The highest BCUT2D eigenvalue weighted by Gasteiger charge is 2.55. The van der Waals surface area contributed by atoms with Gasteiger partial charge in [0, 0.05) is 5.56 Å². The van der Waals surface area contributed by atoms with Crippen LogP contribution >= 0.6 is 0 Å². The summed E-state index contributed by atoms with van der Waals surface area (Å²) >= 11 is 0. The number of aryl methyl sites for hydroxylation is 1. The van der Waals surface area contributed by atoms with Crippen LogP contribution in [0.4, 0.5) is 0 Å². The quantitative estimate of drug-likeness (QED) is 0.399. The Labute approximate surface area is 175 Å². The van der Waals surface area contributed by atoms with E-state index < -0.39 is 36.3 Å². The molecule has 0 aromatic heterocycles. The van der Waals surface area contributed by atoms with E-state index in [1.165, 1.54) is 18.6 Å². The smallest absolute Gasteiger partial charge is 0.222 e. The number of aliphatic hydroxyl groups excluding tert-OH is 5. The molecule has 30 heavy (non-hydrogen) atoms. The summed E-state index contributed by atoms with van der Waals surface area (Å²) in [6, 6.07) is 12.9. The van der Waals surface area contributed by atoms with Gasteiger partial charge in [-0.15, -0.1) is 0 Å². The number of benzene rings is 2. The predicted octanol–water partition coefficient (Wildman–Crippen LogP) is 0.339. The summed E-state index contributed by atoms with van der Waals surface area (Å²) < 4.78 is 5.59. The van der Waals surface area contributed by atoms with Gasteiger partial charge >= 0.3 is 0 Å². The van der Waals surface area contributed by atoms with E-state index >= 15 is 0 Å². The highest BCUT2D eigenvalue weighted by molar-refractivity contribution is 5.40. The predicted molar refractivity (Wildman–Crippen MR) is 109 cm³/mol. The first kappa shape index (κ1) is 22.8. The monoisotopic (exact) mass is 418 g/mol. The van der Waals surface area contributed by atoms with Crippen LogP contribution in [0.5, 0.6) is 0 Å². The van der Waals surface area contributed by atoms with Gasteiger partial charge in [0.05, 0.1) is 12.7 Å². The third-order valence-electron chi connectivity index (χ3n) is 5.77. The average molecular weight is 418 g/mol. The van der Waals surface area contributed by atoms with Crippen molar-refractivity contribution in [2.45, 2.75) is 69.6 Å². The van der Waals surface area contributed by atoms with Gasteiger partial charge in [-0.3, -0.25) is 0 Å². The number of rotatable bonds is 6. The molecule has 164 valence electrons. The van der Waals surface area contributed by atoms with Crippen molar-refractivity contribution >= 4 is 0 Å². The molecule has 1 aliphatic rings. The molecule has 0 saturated carbocycles. The fourth-order valence-corrected chi connectivity index (χ4v) is 3.89. The van der Waals surface area contributed by atoms with Crippen LogP contribution in [0.3, 0.4) is 0 Å². The molecule has 7 nitrogen and oxygen atoms in total. The Kier molecular flexibility index (Phi) is 6.94. The van der Waals surface area contributed by atoms with Crippen molar-refractivity contribution in [3.8, 4) is 0 Å². The van der Waals surface area contributed by atoms with Gasteiger partial charge in [-0.05, 0) is 48.1 Å². The van der Waals surface area contributed by atoms with Crippen molar-refractivity contribution in [3.63, 3.8) is 0 Å². The topological polar surface area (TPSA) is 131 Å². The lowest BCUT2D eigenvalue weighted by atomic mass is 9.83. The van der Waals surface area contributed by atoms with Crippen LogP contribution in [-0.4, -0.2) is 61.2 Å². The molecule has 1 fully saturated rings. The van der Waals surface area contributed by atoms with Crippen LogP contribution in [0.15, 0.2) is 42.5 Å². The lowest BCUT2D eigenvalue weighted by molar-refractivity contribution is -0.364. The fourth-order valence-electron chi connectivity index (χ4n) is 3.89. The lowest BCUT2D eigenvalue weighted by Crippen LogP contribution is -2.65. The van der Waals surface area contributed by atoms with Crippen LogP contribution in [0.2, 0.25) is 0 Å². The summed E-state index contributed by atoms with van der Waals surface area (Å²) in [5, 5.41) is 62.0. The second-order valence-corrected chi connectivity index (χ2v) is 7.94. The van der Waals surface area contributed by atoms with Crippen molar-refractivity contribution in [3.05, 3.63) is 70.3 Å². The Bertz CT molecular complexity index is 851. The van der Waals surface area contributed by atoms with Crippen molar-refractivity contribution in [2.24, 2.45) is 0 Å². The molecule has 6 atom stereocenters. The molecule has 6 N–H and O–H groups in total. The van der Waals surface area contributed by atoms with Gasteiger partial charge in [0.15, 0.2) is 0 Å². The van der Waals surface area contributed by atoms with Crippen LogP contribution in [-0.2, 0) is 30.0 Å². The van der Waals surface area contributed by atoms with Crippen molar-refractivity contribution in [1.29, 1.82) is 0 Å². The number of hydrogen-bond acceptors (Lipinski definition) is 7. The van der Waals surface area contributed by atoms with Crippen molar-refractivity contribution in [1.82, 2.24) is 0 Å². The second-order valence-electron chi connectivity index (χ2n) is 7.94. The summed E-state index contributed by atoms with van der Waals surface area (Å²) in [6.07, 6.45) is -6.39. The Morgan fingerprint density at radius 2 is 1.57 bits per heavy atom. The van der Waals surface area contributed by atoms with E-state index in [1.807, 2.05) is 24.3 Å². The first-order valence-corrected chi connectivity index (χ1v) is 10.1. The molecule has 0 spiro atoms. The van der Waals surface area contributed by atoms with Gasteiger partial charge in [-0.2, -0.15) is 0 Å². The standard InChI is InChI=1S/C23H30O7/c1-3-14-4-6-15(7-5-14)10-17-9-8-16(12-24)11-18(17)23(29)22(28)20(27)19(26)21(30-23)13(2)25/h4-9,11,13,19-22,24-29H,3,10,12H2,1-2H3/t13-,19-,20-,21+,22+,23+/m0/s1. The van der Waals surface area contributed by atoms with Gasteiger partial charge < -0.3 is 35.4 Å². The first-order valence-electron chi connectivity index (χ1n) is 10.1. The first-order chi connectivity index (χ1) is 14.2. The molecule has 7 heteroatoms. The molecule has 0 amide bonds. The Morgan fingerprint density at radius 3 is 2.13 bits per heavy atom. The van der Waals surface area contributed by atoms with Crippen molar-refractivity contribution < 1.29 is 35.4 Å². The average Bonchev–Trinajstić information content (AvgIpc) is 2.75. The third-order valence-corrected chi connectivity index (χ3v) is 5.77. The van der Waals surface area contributed by atoms with Gasteiger partial charge in [0.1, 0.15) is 24.4 Å². The SMILES string of the molecule is CCc1ccc(Cc2ccc(CO)cc2[C@@]2(O)O[C@H]([C@H](C)O)[C@@H](O)[C@H](O)[C@H]2O)cc1. The van der Waals surface area contributed by atoms with E-state index in [1.54, 1.807) is 12.1 Å². The van der Waals surface area contributed by atoms with Crippen LogP contribution in [0.25, 0.3) is 0 Å². The van der Waals surface area contributed by atoms with E-state index in [9.17, 15) is 30.6 Å². The Hall–Kier alpha value is -1.84. The lowest BCUT2D eigenvalue weighted by Gasteiger charge is -2.47. The summed E-state index contributed by atoms with van der Waals surface area (Å²) in [6.45, 7) is 3.13. The van der Waals surface area contributed by atoms with E-state index in [0.29, 0.717) is 17.5 Å². The molecule has 2 aromatic rings. The fraction of sp³-hybridized carbons (Fsp3) is 0.478. The van der Waals surface area contributed by atoms with Crippen LogP contribution in [0.1, 0.15) is 41.7 Å². The molecule has 0 unspecified atom stereocenters. The highest BCUT2D eigenvalue weighted by Crippen LogP contribution is 2.39. The van der Waals surface area contributed by atoms with Crippen LogP contribution in [0, 0.1) is 0 Å². The molecule has 1 aliphatic heterocycles. The largest absolute Gasteiger partial charge is 0.392 e. The maximum Gasteiger partial charge on any atom is 0.222 e. The number of ether oxygens (including phenoxy) is 1. The summed E-state index contributed by atoms with van der Waals surface area (Å²) in [5.41, 5.74) is 3.42. The third kappa shape index (κ3) is 4.29. The summed E-state index contributed by atoms with van der Waals surface area (Å²) in [7, 11) is 0. The van der Waals surface area contributed by atoms with Crippen LogP contribution < -0.4 is 0 Å². The van der Waals surface area contributed by atoms with Gasteiger partial charge in [-0.1, -0.05) is 43.3 Å².